The maximum absolute atomic E-state index is 12.4. The second-order valence-corrected chi connectivity index (χ2v) is 16.0. The first-order valence-electron chi connectivity index (χ1n) is 23.1. The molecular formula is C47H91NO4. The molecule has 5 heteroatoms. The van der Waals surface area contributed by atoms with E-state index in [-0.39, 0.29) is 18.9 Å². The number of nitrogens with one attached hydrogen (secondary N) is 1. The van der Waals surface area contributed by atoms with Crippen LogP contribution in [0.5, 0.6) is 0 Å². The summed E-state index contributed by atoms with van der Waals surface area (Å²) < 4.78 is 0. The first-order chi connectivity index (χ1) is 25.5. The molecule has 0 aliphatic heterocycles. The average molecular weight is 734 g/mol. The van der Waals surface area contributed by atoms with Gasteiger partial charge in [0.05, 0.1) is 31.3 Å². The van der Waals surface area contributed by atoms with Crippen molar-refractivity contribution in [2.45, 2.75) is 263 Å². The lowest BCUT2D eigenvalue weighted by Crippen LogP contribution is -2.45. The number of carbonyl (C=O) groups is 1. The van der Waals surface area contributed by atoms with Crippen molar-refractivity contribution in [1.29, 1.82) is 0 Å². The van der Waals surface area contributed by atoms with Crippen molar-refractivity contribution in [1.82, 2.24) is 5.32 Å². The quantitative estimate of drug-likeness (QED) is 0.0371. The Balaban J connectivity index is 3.67. The molecule has 0 aromatic rings. The van der Waals surface area contributed by atoms with Crippen molar-refractivity contribution < 1.29 is 20.1 Å². The maximum Gasteiger partial charge on any atom is 0.222 e. The predicted octanol–water partition coefficient (Wildman–Crippen LogP) is 13.4. The summed E-state index contributed by atoms with van der Waals surface area (Å²) in [5.41, 5.74) is 0. The van der Waals surface area contributed by atoms with Crippen LogP contribution in [0, 0.1) is 0 Å². The maximum atomic E-state index is 12.4. The second kappa shape index (κ2) is 42.6. The predicted molar refractivity (Wildman–Crippen MR) is 227 cm³/mol. The highest BCUT2D eigenvalue weighted by Crippen LogP contribution is 2.16. The highest BCUT2D eigenvalue weighted by molar-refractivity contribution is 5.76. The van der Waals surface area contributed by atoms with Gasteiger partial charge in [-0.05, 0) is 32.1 Å². The van der Waals surface area contributed by atoms with Gasteiger partial charge in [-0.3, -0.25) is 4.79 Å². The number of aliphatic hydroxyl groups excluding tert-OH is 3. The molecule has 0 aromatic heterocycles. The van der Waals surface area contributed by atoms with Crippen molar-refractivity contribution in [2.24, 2.45) is 0 Å². The molecule has 3 unspecified atom stereocenters. The van der Waals surface area contributed by atoms with Gasteiger partial charge < -0.3 is 20.6 Å². The fraction of sp³-hybridized carbons (Fsp3) is 0.894. The van der Waals surface area contributed by atoms with Crippen LogP contribution in [0.1, 0.15) is 245 Å². The fourth-order valence-electron chi connectivity index (χ4n) is 7.18. The van der Waals surface area contributed by atoms with E-state index in [0.717, 1.165) is 32.1 Å². The Morgan fingerprint density at radius 2 is 0.827 bits per heavy atom. The number of amides is 1. The molecule has 0 aliphatic carbocycles. The van der Waals surface area contributed by atoms with Crippen LogP contribution in [-0.4, -0.2) is 46.1 Å². The van der Waals surface area contributed by atoms with Crippen LogP contribution < -0.4 is 5.32 Å². The average Bonchev–Trinajstić information content (AvgIpc) is 3.14. The van der Waals surface area contributed by atoms with Crippen molar-refractivity contribution in [3.63, 3.8) is 0 Å². The lowest BCUT2D eigenvalue weighted by Gasteiger charge is -2.21. The Hall–Kier alpha value is -1.17. The van der Waals surface area contributed by atoms with Gasteiger partial charge in [0, 0.05) is 0 Å². The van der Waals surface area contributed by atoms with E-state index < -0.39 is 18.2 Å². The van der Waals surface area contributed by atoms with Gasteiger partial charge in [-0.15, -0.1) is 0 Å². The highest BCUT2D eigenvalue weighted by atomic mass is 16.3. The minimum absolute atomic E-state index is 0.00986. The molecule has 0 saturated heterocycles. The highest BCUT2D eigenvalue weighted by Gasteiger charge is 2.20. The van der Waals surface area contributed by atoms with E-state index >= 15 is 0 Å². The van der Waals surface area contributed by atoms with Crippen LogP contribution in [0.3, 0.4) is 0 Å². The first kappa shape index (κ1) is 50.8. The third-order valence-corrected chi connectivity index (χ3v) is 10.7. The Morgan fingerprint density at radius 3 is 1.23 bits per heavy atom. The van der Waals surface area contributed by atoms with Gasteiger partial charge in [0.1, 0.15) is 0 Å². The summed E-state index contributed by atoms with van der Waals surface area (Å²) in [6.07, 6.45) is 51.8. The van der Waals surface area contributed by atoms with E-state index in [1.54, 1.807) is 6.08 Å². The SMILES string of the molecule is CCCCCCCCCCCCCCC/C=C/CC/C=C/C(O)C(CO)NC(=O)CC(O)CCCCCCCCCCCCCCCCCCCC. The Kier molecular flexibility index (Phi) is 41.6. The van der Waals surface area contributed by atoms with E-state index in [2.05, 4.69) is 31.3 Å². The van der Waals surface area contributed by atoms with Crippen LogP contribution >= 0.6 is 0 Å². The number of aliphatic hydroxyl groups is 3. The molecule has 0 rings (SSSR count). The lowest BCUT2D eigenvalue weighted by molar-refractivity contribution is -0.124. The molecular weight excluding hydrogens is 643 g/mol. The number of unbranched alkanes of at least 4 members (excludes halogenated alkanes) is 31. The van der Waals surface area contributed by atoms with Crippen LogP contribution in [0.15, 0.2) is 24.3 Å². The van der Waals surface area contributed by atoms with Crippen molar-refractivity contribution >= 4 is 5.91 Å². The van der Waals surface area contributed by atoms with Gasteiger partial charge in [0.2, 0.25) is 5.91 Å². The minimum atomic E-state index is -0.948. The molecule has 1 amide bonds. The third-order valence-electron chi connectivity index (χ3n) is 10.7. The molecule has 0 heterocycles. The van der Waals surface area contributed by atoms with Crippen LogP contribution in [0.4, 0.5) is 0 Å². The van der Waals surface area contributed by atoms with Crippen molar-refractivity contribution in [3.05, 3.63) is 24.3 Å². The summed E-state index contributed by atoms with van der Waals surface area (Å²) >= 11 is 0. The van der Waals surface area contributed by atoms with E-state index in [0.29, 0.717) is 6.42 Å². The summed E-state index contributed by atoms with van der Waals surface area (Å²) in [6.45, 7) is 4.22. The monoisotopic (exact) mass is 734 g/mol. The molecule has 0 fully saturated rings. The molecule has 0 saturated carbocycles. The van der Waals surface area contributed by atoms with Gasteiger partial charge >= 0.3 is 0 Å². The Labute approximate surface area is 324 Å². The van der Waals surface area contributed by atoms with Gasteiger partial charge in [-0.25, -0.2) is 0 Å². The molecule has 4 N–H and O–H groups in total. The molecule has 0 spiro atoms. The second-order valence-electron chi connectivity index (χ2n) is 16.0. The molecule has 0 radical (unpaired) electrons. The standard InChI is InChI=1S/C47H91NO4/c1-3-5-7-9-11-13-15-17-19-21-23-25-27-29-31-33-35-37-39-41-46(51)45(43-49)48-47(52)42-44(50)40-38-36-34-32-30-28-26-24-22-20-18-16-14-12-10-8-6-4-2/h31,33,39,41,44-46,49-51H,3-30,32,34-38,40,42-43H2,1-2H3,(H,48,52)/b33-31+,41-39+. The zero-order valence-corrected chi connectivity index (χ0v) is 35.0. The molecule has 5 nitrogen and oxygen atoms in total. The van der Waals surface area contributed by atoms with Crippen molar-refractivity contribution in [3.8, 4) is 0 Å². The number of allylic oxidation sites excluding steroid dienone is 3. The molecule has 0 aliphatic rings. The summed E-state index contributed by atoms with van der Waals surface area (Å²) in [7, 11) is 0. The van der Waals surface area contributed by atoms with Gasteiger partial charge in [-0.1, -0.05) is 231 Å². The summed E-state index contributed by atoms with van der Waals surface area (Å²) in [5.74, 6) is -0.322. The smallest absolute Gasteiger partial charge is 0.222 e. The van der Waals surface area contributed by atoms with Crippen molar-refractivity contribution in [2.75, 3.05) is 6.61 Å². The number of hydrogen-bond donors (Lipinski definition) is 4. The van der Waals surface area contributed by atoms with Crippen LogP contribution in [0.2, 0.25) is 0 Å². The Bertz CT molecular complexity index is 768. The normalized spacial score (nSPS) is 13.7. The first-order valence-corrected chi connectivity index (χ1v) is 23.1. The Morgan fingerprint density at radius 1 is 0.481 bits per heavy atom. The lowest BCUT2D eigenvalue weighted by atomic mass is 10.0. The van der Waals surface area contributed by atoms with E-state index in [1.807, 2.05) is 6.08 Å². The molecule has 308 valence electrons. The largest absolute Gasteiger partial charge is 0.394 e. The molecule has 0 bridgehead atoms. The van der Waals surface area contributed by atoms with E-state index in [9.17, 15) is 20.1 Å². The number of rotatable bonds is 42. The summed E-state index contributed by atoms with van der Waals surface area (Å²) in [4.78, 5) is 12.4. The van der Waals surface area contributed by atoms with Gasteiger partial charge in [-0.2, -0.15) is 0 Å². The van der Waals surface area contributed by atoms with Gasteiger partial charge in [0.15, 0.2) is 0 Å². The topological polar surface area (TPSA) is 89.8 Å². The van der Waals surface area contributed by atoms with E-state index in [4.69, 9.17) is 0 Å². The summed E-state index contributed by atoms with van der Waals surface area (Å²) in [6, 6.07) is -0.757. The van der Waals surface area contributed by atoms with Crippen LogP contribution in [0.25, 0.3) is 0 Å². The zero-order chi connectivity index (χ0) is 38.0. The third kappa shape index (κ3) is 38.6. The fourth-order valence-corrected chi connectivity index (χ4v) is 7.18. The number of carbonyl (C=O) groups excluding carboxylic acids is 1. The molecule has 0 aromatic carbocycles. The minimum Gasteiger partial charge on any atom is -0.394 e. The van der Waals surface area contributed by atoms with Crippen LogP contribution in [-0.2, 0) is 4.79 Å². The summed E-state index contributed by atoms with van der Waals surface area (Å²) in [5, 5.41) is 33.2. The number of hydrogen-bond acceptors (Lipinski definition) is 4. The van der Waals surface area contributed by atoms with Gasteiger partial charge in [0.25, 0.3) is 0 Å². The zero-order valence-electron chi connectivity index (χ0n) is 35.0. The molecule has 3 atom stereocenters. The molecule has 52 heavy (non-hydrogen) atoms. The van der Waals surface area contributed by atoms with E-state index in [1.165, 1.54) is 186 Å².